The summed E-state index contributed by atoms with van der Waals surface area (Å²) in [5.41, 5.74) is 17.8. The first-order valence-corrected chi connectivity index (χ1v) is 24.9. The molecule has 2 spiro atoms. The van der Waals surface area contributed by atoms with Crippen LogP contribution in [0.1, 0.15) is 56.0 Å². The lowest BCUT2D eigenvalue weighted by Crippen LogP contribution is -2.37. The van der Waals surface area contributed by atoms with Crippen LogP contribution in [0.4, 0.5) is 11.4 Å². The average molecular weight is 898 g/mol. The van der Waals surface area contributed by atoms with Crippen molar-refractivity contribution in [1.82, 2.24) is 0 Å². The Labute approximate surface area is 406 Å². The number of hydrogen-bond donors (Lipinski definition) is 0. The highest BCUT2D eigenvalue weighted by molar-refractivity contribution is 7.99. The molecule has 69 heavy (non-hydrogen) atoms. The van der Waals surface area contributed by atoms with Crippen molar-refractivity contribution in [2.75, 3.05) is 4.90 Å². The monoisotopic (exact) mass is 897 g/mol. The summed E-state index contributed by atoms with van der Waals surface area (Å²) in [5, 5.41) is 2.45. The minimum atomic E-state index is -0.620. The minimum absolute atomic E-state index is 0.0490. The van der Waals surface area contributed by atoms with E-state index < -0.39 is 10.8 Å². The predicted molar refractivity (Wildman–Crippen MR) is 283 cm³/mol. The van der Waals surface area contributed by atoms with E-state index in [4.69, 9.17) is 4.74 Å². The third-order valence-electron chi connectivity index (χ3n) is 15.8. The lowest BCUT2D eigenvalue weighted by molar-refractivity contribution is 0.436. The van der Waals surface area contributed by atoms with Gasteiger partial charge in [-0.15, -0.1) is 0 Å². The number of allylic oxidation sites excluding steroid dienone is 2. The van der Waals surface area contributed by atoms with Crippen LogP contribution < -0.4 is 9.64 Å². The Kier molecular flexibility index (Phi) is 8.29. The van der Waals surface area contributed by atoms with Crippen molar-refractivity contribution in [3.05, 3.63) is 299 Å². The second-order valence-electron chi connectivity index (χ2n) is 18.9. The van der Waals surface area contributed by atoms with E-state index in [0.717, 1.165) is 28.3 Å². The molecule has 2 unspecified atom stereocenters. The summed E-state index contributed by atoms with van der Waals surface area (Å²) in [6, 6.07) is 84.1. The number of fused-ring (bicyclic) bond motifs is 19. The van der Waals surface area contributed by atoms with E-state index in [9.17, 15) is 0 Å². The van der Waals surface area contributed by atoms with E-state index in [-0.39, 0.29) is 12.0 Å². The van der Waals surface area contributed by atoms with Crippen LogP contribution in [0.2, 0.25) is 0 Å². The molecule has 0 bridgehead atoms. The van der Waals surface area contributed by atoms with Gasteiger partial charge in [0.2, 0.25) is 0 Å². The van der Waals surface area contributed by atoms with Crippen LogP contribution in [-0.2, 0) is 10.8 Å². The molecule has 3 heteroatoms. The summed E-state index contributed by atoms with van der Waals surface area (Å²) < 4.78 is 6.81. The van der Waals surface area contributed by atoms with E-state index in [2.05, 4.69) is 254 Å². The molecular weight excluding hydrogens is 855 g/mol. The maximum atomic E-state index is 6.81. The molecule has 324 valence electrons. The highest BCUT2D eigenvalue weighted by Crippen LogP contribution is 2.66. The third kappa shape index (κ3) is 5.18. The molecule has 15 rings (SSSR count). The van der Waals surface area contributed by atoms with Crippen LogP contribution in [0.5, 0.6) is 11.5 Å². The van der Waals surface area contributed by atoms with Crippen LogP contribution in [-0.4, -0.2) is 6.04 Å². The molecule has 2 heterocycles. The van der Waals surface area contributed by atoms with Gasteiger partial charge in [0.1, 0.15) is 11.5 Å². The van der Waals surface area contributed by atoms with Crippen LogP contribution in [0.3, 0.4) is 0 Å². The number of benzene rings is 10. The summed E-state index contributed by atoms with van der Waals surface area (Å²) in [6.45, 7) is 0. The van der Waals surface area contributed by atoms with Crippen LogP contribution in [0.25, 0.3) is 33.0 Å². The van der Waals surface area contributed by atoms with Crippen molar-refractivity contribution in [3.8, 4) is 33.8 Å². The smallest absolute Gasteiger partial charge is 0.132 e. The molecule has 0 N–H and O–H groups in total. The fourth-order valence-corrected chi connectivity index (χ4v) is 14.4. The number of anilines is 2. The number of para-hydroxylation sites is 2. The molecule has 2 nitrogen and oxygen atoms in total. The topological polar surface area (TPSA) is 12.5 Å². The fraction of sp³-hybridized carbons (Fsp3) is 0.0606. The van der Waals surface area contributed by atoms with E-state index >= 15 is 0 Å². The number of rotatable bonds is 4. The van der Waals surface area contributed by atoms with Gasteiger partial charge in [-0.2, -0.15) is 0 Å². The first-order valence-electron chi connectivity index (χ1n) is 24.1. The van der Waals surface area contributed by atoms with Gasteiger partial charge in [0.15, 0.2) is 0 Å². The molecule has 2 aliphatic heterocycles. The zero-order valence-electron chi connectivity index (χ0n) is 37.6. The Hall–Kier alpha value is -8.11. The van der Waals surface area contributed by atoms with Gasteiger partial charge in [0, 0.05) is 43.5 Å². The molecule has 10 aromatic carbocycles. The van der Waals surface area contributed by atoms with Crippen LogP contribution in [0, 0.1) is 0 Å². The molecule has 0 saturated carbocycles. The predicted octanol–water partition coefficient (Wildman–Crippen LogP) is 16.6. The Morgan fingerprint density at radius 3 is 1.67 bits per heavy atom. The van der Waals surface area contributed by atoms with Gasteiger partial charge in [-0.3, -0.25) is 0 Å². The second kappa shape index (κ2) is 14.7. The van der Waals surface area contributed by atoms with Crippen LogP contribution in [0.15, 0.2) is 259 Å². The van der Waals surface area contributed by atoms with Gasteiger partial charge in [-0.25, -0.2) is 0 Å². The Morgan fingerprint density at radius 1 is 0.406 bits per heavy atom. The quantitative estimate of drug-likeness (QED) is 0.175. The minimum Gasteiger partial charge on any atom is -0.457 e. The van der Waals surface area contributed by atoms with Gasteiger partial charge in [0.25, 0.3) is 0 Å². The van der Waals surface area contributed by atoms with Gasteiger partial charge in [-0.05, 0) is 103 Å². The zero-order valence-corrected chi connectivity index (χ0v) is 38.4. The molecule has 3 aliphatic carbocycles. The van der Waals surface area contributed by atoms with Crippen molar-refractivity contribution >= 4 is 33.9 Å². The first-order chi connectivity index (χ1) is 34.2. The van der Waals surface area contributed by atoms with E-state index in [0.29, 0.717) is 0 Å². The summed E-state index contributed by atoms with van der Waals surface area (Å²) in [7, 11) is 0. The maximum Gasteiger partial charge on any atom is 0.132 e. The van der Waals surface area contributed by atoms with Gasteiger partial charge >= 0.3 is 0 Å². The molecule has 0 radical (unpaired) electrons. The molecule has 0 saturated heterocycles. The normalized spacial score (nSPS) is 17.4. The van der Waals surface area contributed by atoms with Gasteiger partial charge < -0.3 is 9.64 Å². The molecule has 0 fully saturated rings. The summed E-state index contributed by atoms with van der Waals surface area (Å²) >= 11 is 1.90. The van der Waals surface area contributed by atoms with Gasteiger partial charge in [-0.1, -0.05) is 218 Å². The van der Waals surface area contributed by atoms with Crippen molar-refractivity contribution in [2.45, 2.75) is 32.6 Å². The van der Waals surface area contributed by atoms with Crippen molar-refractivity contribution in [2.24, 2.45) is 0 Å². The zero-order chi connectivity index (χ0) is 45.3. The average Bonchev–Trinajstić information content (AvgIpc) is 3.86. The number of nitrogens with zero attached hydrogens (tertiary/aromatic N) is 1. The molecule has 10 aromatic rings. The lowest BCUT2D eigenvalue weighted by atomic mass is 9.66. The molecule has 2 atom stereocenters. The van der Waals surface area contributed by atoms with Crippen molar-refractivity contribution < 1.29 is 4.74 Å². The maximum absolute atomic E-state index is 6.81. The van der Waals surface area contributed by atoms with E-state index in [1.54, 1.807) is 0 Å². The van der Waals surface area contributed by atoms with Crippen LogP contribution >= 0.6 is 11.8 Å². The molecular formula is C66H43NOS. The lowest BCUT2D eigenvalue weighted by Gasteiger charge is -2.42. The summed E-state index contributed by atoms with van der Waals surface area (Å²) in [4.78, 5) is 5.34. The third-order valence-corrected chi connectivity index (χ3v) is 16.9. The van der Waals surface area contributed by atoms with Crippen molar-refractivity contribution in [3.63, 3.8) is 0 Å². The van der Waals surface area contributed by atoms with E-state index in [1.165, 1.54) is 87.4 Å². The Morgan fingerprint density at radius 2 is 0.942 bits per heavy atom. The largest absolute Gasteiger partial charge is 0.457 e. The molecule has 0 aromatic heterocycles. The van der Waals surface area contributed by atoms with E-state index in [1.807, 2.05) is 11.8 Å². The SMILES string of the molecule is C1=CC(c2ccccc2)C(N(c2ccc3c(c2)C2(c4ccccc4Oc4ccccc42)c2ccccc2-3)c2c3c(cc4ccccc24)C2(c4ccccc4Sc4ccccc42)c2ccccc2-3)C=C1. The number of ether oxygens (including phenoxy) is 1. The summed E-state index contributed by atoms with van der Waals surface area (Å²) in [6.07, 6.45) is 9.36. The Bertz CT molecular complexity index is 3750. The first kappa shape index (κ1) is 38.9. The summed E-state index contributed by atoms with van der Waals surface area (Å²) in [5.74, 6) is 1.84. The van der Waals surface area contributed by atoms with Crippen molar-refractivity contribution in [1.29, 1.82) is 0 Å². The molecule has 5 aliphatic rings. The fourth-order valence-electron chi connectivity index (χ4n) is 13.2. The standard InChI is InChI=1S/C66H43NOS/c1-2-20-42(21-3-1)45-23-8-15-33-58(45)67(44-38-39-48-47-25-6-9-27-50(47)65(56(48)41-44)52-29-11-16-34-59(52)68-60-35-17-12-30-53(60)65)64-46-24-5-4-22-43(46)40-57-63(64)49-26-7-10-28-51(49)66(57)54-31-13-18-36-61(54)69-62-37-19-14-32-55(62)66/h1-41,45,58H. The Balaban J connectivity index is 1.09. The number of hydrogen-bond acceptors (Lipinski definition) is 3. The highest BCUT2D eigenvalue weighted by Gasteiger charge is 2.54. The highest BCUT2D eigenvalue weighted by atomic mass is 32.2. The van der Waals surface area contributed by atoms with Gasteiger partial charge in [0.05, 0.1) is 22.6 Å². The second-order valence-corrected chi connectivity index (χ2v) is 20.0. The molecule has 0 amide bonds.